The Balaban J connectivity index is 1.78. The molecule has 142 valence electrons. The summed E-state index contributed by atoms with van der Waals surface area (Å²) in [7, 11) is 0. The highest BCUT2D eigenvalue weighted by molar-refractivity contribution is 7.22. The molecular weight excluding hydrogens is 404 g/mol. The van der Waals surface area contributed by atoms with E-state index in [0.717, 1.165) is 21.3 Å². The van der Waals surface area contributed by atoms with Crippen molar-refractivity contribution >= 4 is 44.2 Å². The number of hydrogen-bond donors (Lipinski definition) is 0. The number of benzene rings is 2. The molecule has 0 radical (unpaired) electrons. The maximum Gasteiger partial charge on any atom is 0.260 e. The number of anilines is 1. The fourth-order valence-corrected chi connectivity index (χ4v) is 4.12. The highest BCUT2D eigenvalue weighted by atomic mass is 35.5. The minimum absolute atomic E-state index is 0.186. The van der Waals surface area contributed by atoms with Crippen molar-refractivity contribution in [1.82, 2.24) is 9.97 Å². The number of aromatic nitrogens is 2. The normalized spacial score (nSPS) is 10.7. The summed E-state index contributed by atoms with van der Waals surface area (Å²) in [4.78, 5) is 23.8. The molecule has 0 aliphatic heterocycles. The van der Waals surface area contributed by atoms with Crippen LogP contribution in [0.4, 0.5) is 5.13 Å². The predicted molar refractivity (Wildman–Crippen MR) is 115 cm³/mol. The first-order chi connectivity index (χ1) is 14.1. The lowest BCUT2D eigenvalue weighted by Crippen LogP contribution is -2.30. The highest BCUT2D eigenvalue weighted by Gasteiger charge is 2.22. The van der Waals surface area contributed by atoms with E-state index >= 15 is 0 Å². The lowest BCUT2D eigenvalue weighted by atomic mass is 10.1. The van der Waals surface area contributed by atoms with Gasteiger partial charge in [-0.15, -0.1) is 0 Å². The molecule has 4 aromatic rings. The first-order valence-electron chi connectivity index (χ1n) is 8.83. The van der Waals surface area contributed by atoms with Crippen LogP contribution in [0.15, 0.2) is 60.9 Å². The topological polar surface area (TPSA) is 69.9 Å². The molecule has 5 nitrogen and oxygen atoms in total. The Morgan fingerprint density at radius 2 is 1.86 bits per heavy atom. The van der Waals surface area contributed by atoms with Crippen molar-refractivity contribution in [1.29, 1.82) is 5.26 Å². The molecule has 0 spiro atoms. The molecular formula is C22H15ClN4OS. The van der Waals surface area contributed by atoms with Crippen LogP contribution >= 0.6 is 22.9 Å². The van der Waals surface area contributed by atoms with Gasteiger partial charge in [0, 0.05) is 23.0 Å². The summed E-state index contributed by atoms with van der Waals surface area (Å²) in [6.45, 7) is 2.28. The molecule has 0 saturated heterocycles. The molecule has 2 aromatic heterocycles. The van der Waals surface area contributed by atoms with E-state index in [9.17, 15) is 4.79 Å². The second kappa shape index (κ2) is 8.00. The van der Waals surface area contributed by atoms with E-state index in [1.807, 2.05) is 31.2 Å². The van der Waals surface area contributed by atoms with Gasteiger partial charge >= 0.3 is 0 Å². The Labute approximate surface area is 176 Å². The van der Waals surface area contributed by atoms with Gasteiger partial charge in [-0.3, -0.25) is 14.7 Å². The third-order valence-corrected chi connectivity index (χ3v) is 6.02. The summed E-state index contributed by atoms with van der Waals surface area (Å²) < 4.78 is 0.967. The summed E-state index contributed by atoms with van der Waals surface area (Å²) in [5, 5.41) is 10.2. The Bertz CT molecular complexity index is 1230. The molecule has 0 fully saturated rings. The molecule has 0 aliphatic carbocycles. The second-order valence-corrected chi connectivity index (χ2v) is 7.87. The summed E-state index contributed by atoms with van der Waals surface area (Å²) >= 11 is 7.69. The largest absolute Gasteiger partial charge is 0.279 e. The average Bonchev–Trinajstić information content (AvgIpc) is 3.20. The molecule has 7 heteroatoms. The van der Waals surface area contributed by atoms with Gasteiger partial charge in [-0.05, 0) is 66.6 Å². The van der Waals surface area contributed by atoms with Gasteiger partial charge in [0.2, 0.25) is 0 Å². The number of carbonyl (C=O) groups excluding carboxylic acids is 1. The standard InChI is InChI=1S/C22H15ClN4OS/c1-14-18(23)6-7-19-20(14)26-22(29-19)27(13-16-8-10-25-11-9-16)21(28)17-4-2-15(12-24)3-5-17/h2-11H,13H2,1H3. The number of rotatable bonds is 4. The number of amides is 1. The van der Waals surface area contributed by atoms with E-state index in [-0.39, 0.29) is 5.91 Å². The molecule has 0 unspecified atom stereocenters. The van der Waals surface area contributed by atoms with Crippen LogP contribution in [0.2, 0.25) is 5.02 Å². The molecule has 0 bridgehead atoms. The monoisotopic (exact) mass is 418 g/mol. The highest BCUT2D eigenvalue weighted by Crippen LogP contribution is 2.34. The zero-order chi connectivity index (χ0) is 20.4. The van der Waals surface area contributed by atoms with Crippen molar-refractivity contribution in [2.24, 2.45) is 0 Å². The van der Waals surface area contributed by atoms with E-state index in [0.29, 0.717) is 27.8 Å². The summed E-state index contributed by atoms with van der Waals surface area (Å²) in [6.07, 6.45) is 3.39. The van der Waals surface area contributed by atoms with Gasteiger partial charge in [-0.1, -0.05) is 22.9 Å². The summed E-state index contributed by atoms with van der Waals surface area (Å²) in [5.74, 6) is -0.186. The molecule has 29 heavy (non-hydrogen) atoms. The number of halogens is 1. The fourth-order valence-electron chi connectivity index (χ4n) is 2.94. The average molecular weight is 419 g/mol. The van der Waals surface area contributed by atoms with Crippen LogP contribution < -0.4 is 4.90 Å². The SMILES string of the molecule is Cc1c(Cl)ccc2sc(N(Cc3ccncc3)C(=O)c3ccc(C#N)cc3)nc12. The Morgan fingerprint density at radius 3 is 2.55 bits per heavy atom. The fraction of sp³-hybridized carbons (Fsp3) is 0.0909. The zero-order valence-corrected chi connectivity index (χ0v) is 17.0. The number of hydrogen-bond acceptors (Lipinski definition) is 5. The third-order valence-electron chi connectivity index (χ3n) is 4.56. The van der Waals surface area contributed by atoms with E-state index in [4.69, 9.17) is 21.8 Å². The number of pyridine rings is 1. The van der Waals surface area contributed by atoms with Crippen LogP contribution in [-0.2, 0) is 6.54 Å². The van der Waals surface area contributed by atoms with Crippen LogP contribution in [0, 0.1) is 18.3 Å². The van der Waals surface area contributed by atoms with E-state index < -0.39 is 0 Å². The maximum atomic E-state index is 13.3. The minimum atomic E-state index is -0.186. The Morgan fingerprint density at radius 1 is 1.14 bits per heavy atom. The van der Waals surface area contributed by atoms with E-state index in [1.54, 1.807) is 41.6 Å². The number of nitrogens with zero attached hydrogens (tertiary/aromatic N) is 4. The maximum absolute atomic E-state index is 13.3. The molecule has 0 N–H and O–H groups in total. The first-order valence-corrected chi connectivity index (χ1v) is 10.0. The Kier molecular flexibility index (Phi) is 5.26. The lowest BCUT2D eigenvalue weighted by molar-refractivity contribution is 0.0985. The van der Waals surface area contributed by atoms with Crippen molar-refractivity contribution < 1.29 is 4.79 Å². The van der Waals surface area contributed by atoms with Gasteiger partial charge in [0.05, 0.1) is 28.4 Å². The smallest absolute Gasteiger partial charge is 0.260 e. The van der Waals surface area contributed by atoms with Gasteiger partial charge in [0.25, 0.3) is 5.91 Å². The van der Waals surface area contributed by atoms with Crippen molar-refractivity contribution in [3.05, 3.63) is 88.2 Å². The van der Waals surface area contributed by atoms with Crippen molar-refractivity contribution in [3.63, 3.8) is 0 Å². The minimum Gasteiger partial charge on any atom is -0.279 e. The van der Waals surface area contributed by atoms with Crippen LogP contribution in [-0.4, -0.2) is 15.9 Å². The number of aryl methyl sites for hydroxylation is 1. The molecule has 2 heterocycles. The number of nitriles is 1. The van der Waals surface area contributed by atoms with E-state index in [1.165, 1.54) is 11.3 Å². The zero-order valence-electron chi connectivity index (χ0n) is 15.5. The quantitative estimate of drug-likeness (QED) is 0.446. The summed E-state index contributed by atoms with van der Waals surface area (Å²) in [6, 6.07) is 16.2. The van der Waals surface area contributed by atoms with Gasteiger partial charge in [-0.2, -0.15) is 5.26 Å². The molecule has 4 rings (SSSR count). The van der Waals surface area contributed by atoms with Gasteiger partial charge in [-0.25, -0.2) is 4.98 Å². The number of thiazole rings is 1. The third kappa shape index (κ3) is 3.83. The van der Waals surface area contributed by atoms with E-state index in [2.05, 4.69) is 11.1 Å². The molecule has 2 aromatic carbocycles. The second-order valence-electron chi connectivity index (χ2n) is 6.45. The molecule has 1 amide bonds. The number of fused-ring (bicyclic) bond motifs is 1. The van der Waals surface area contributed by atoms with Crippen LogP contribution in [0.1, 0.15) is 27.0 Å². The predicted octanol–water partition coefficient (Wildman–Crippen LogP) is 5.37. The number of carbonyl (C=O) groups is 1. The first kappa shape index (κ1) is 19.1. The van der Waals surface area contributed by atoms with Crippen LogP contribution in [0.5, 0.6) is 0 Å². The summed E-state index contributed by atoms with van der Waals surface area (Å²) in [5.41, 5.74) is 3.63. The van der Waals surface area contributed by atoms with Gasteiger partial charge in [0.15, 0.2) is 5.13 Å². The molecule has 0 aliphatic rings. The van der Waals surface area contributed by atoms with Crippen LogP contribution in [0.25, 0.3) is 10.2 Å². The van der Waals surface area contributed by atoms with Gasteiger partial charge < -0.3 is 0 Å². The van der Waals surface area contributed by atoms with Crippen molar-refractivity contribution in [2.75, 3.05) is 4.90 Å². The van der Waals surface area contributed by atoms with Crippen molar-refractivity contribution in [3.8, 4) is 6.07 Å². The van der Waals surface area contributed by atoms with Crippen LogP contribution in [0.3, 0.4) is 0 Å². The lowest BCUT2D eigenvalue weighted by Gasteiger charge is -2.20. The Hall–Kier alpha value is -3.27. The van der Waals surface area contributed by atoms with Gasteiger partial charge in [0.1, 0.15) is 0 Å². The molecule has 0 atom stereocenters. The molecule has 0 saturated carbocycles. The van der Waals surface area contributed by atoms with Crippen molar-refractivity contribution in [2.45, 2.75) is 13.5 Å².